The van der Waals surface area contributed by atoms with Crippen LogP contribution in [0.3, 0.4) is 0 Å². The van der Waals surface area contributed by atoms with Crippen LogP contribution in [0.2, 0.25) is 0 Å². The highest BCUT2D eigenvalue weighted by molar-refractivity contribution is 7.62. The molecule has 1 heterocycles. The van der Waals surface area contributed by atoms with Crippen LogP contribution in [0.1, 0.15) is 19.5 Å². The lowest BCUT2D eigenvalue weighted by atomic mass is 10.1. The molecule has 0 aliphatic carbocycles. The smallest absolute Gasteiger partial charge is 0.305 e. The lowest BCUT2D eigenvalue weighted by molar-refractivity contribution is 0.230. The SMILES string of the molecule is CCOP(=O)(OCC)c1ccc2ccnc(C#N)c2c1. The van der Waals surface area contributed by atoms with E-state index in [1.165, 1.54) is 0 Å². The lowest BCUT2D eigenvalue weighted by Crippen LogP contribution is -2.10. The van der Waals surface area contributed by atoms with Gasteiger partial charge in [0.1, 0.15) is 11.8 Å². The zero-order chi connectivity index (χ0) is 14.6. The first kappa shape index (κ1) is 14.7. The second-order valence-electron chi connectivity index (χ2n) is 4.01. The van der Waals surface area contributed by atoms with E-state index in [4.69, 9.17) is 14.3 Å². The zero-order valence-corrected chi connectivity index (χ0v) is 12.3. The normalized spacial score (nSPS) is 11.4. The van der Waals surface area contributed by atoms with E-state index in [0.29, 0.717) is 16.4 Å². The first-order valence-electron chi connectivity index (χ1n) is 6.33. The van der Waals surface area contributed by atoms with Crippen LogP contribution in [0.25, 0.3) is 10.8 Å². The maximum Gasteiger partial charge on any atom is 0.361 e. The average Bonchev–Trinajstić information content (AvgIpc) is 2.46. The molecule has 2 aromatic rings. The molecule has 0 fully saturated rings. The summed E-state index contributed by atoms with van der Waals surface area (Å²) >= 11 is 0. The van der Waals surface area contributed by atoms with E-state index in [2.05, 4.69) is 4.98 Å². The summed E-state index contributed by atoms with van der Waals surface area (Å²) in [7, 11) is -3.34. The Morgan fingerprint density at radius 2 is 1.95 bits per heavy atom. The van der Waals surface area contributed by atoms with Crippen LogP contribution in [0.4, 0.5) is 0 Å². The van der Waals surface area contributed by atoms with Gasteiger partial charge in [0.15, 0.2) is 0 Å². The lowest BCUT2D eigenvalue weighted by Gasteiger charge is -2.17. The van der Waals surface area contributed by atoms with Gasteiger partial charge in [-0.3, -0.25) is 4.57 Å². The van der Waals surface area contributed by atoms with Crippen molar-refractivity contribution in [2.24, 2.45) is 0 Å². The Morgan fingerprint density at radius 3 is 2.55 bits per heavy atom. The van der Waals surface area contributed by atoms with E-state index in [0.717, 1.165) is 5.39 Å². The first-order chi connectivity index (χ1) is 9.64. The molecular weight excluding hydrogens is 275 g/mol. The predicted molar refractivity (Wildman–Crippen MR) is 77.0 cm³/mol. The Morgan fingerprint density at radius 1 is 1.25 bits per heavy atom. The number of nitriles is 1. The molecular formula is C14H15N2O3P. The molecule has 20 heavy (non-hydrogen) atoms. The minimum atomic E-state index is -3.34. The van der Waals surface area contributed by atoms with Crippen molar-refractivity contribution in [2.45, 2.75) is 13.8 Å². The second kappa shape index (κ2) is 6.15. The summed E-state index contributed by atoms with van der Waals surface area (Å²) in [6.07, 6.45) is 1.57. The number of pyridine rings is 1. The fourth-order valence-corrected chi connectivity index (χ4v) is 3.54. The number of fused-ring (bicyclic) bond motifs is 1. The minimum Gasteiger partial charge on any atom is -0.305 e. The summed E-state index contributed by atoms with van der Waals surface area (Å²) in [5.74, 6) is 0. The van der Waals surface area contributed by atoms with Gasteiger partial charge in [-0.15, -0.1) is 0 Å². The fourth-order valence-electron chi connectivity index (χ4n) is 1.94. The summed E-state index contributed by atoms with van der Waals surface area (Å²) in [6.45, 7) is 4.09. The Balaban J connectivity index is 2.60. The number of hydrogen-bond acceptors (Lipinski definition) is 5. The van der Waals surface area contributed by atoms with Gasteiger partial charge in [-0.25, -0.2) is 4.98 Å². The second-order valence-corrected chi connectivity index (χ2v) is 6.04. The van der Waals surface area contributed by atoms with E-state index in [1.807, 2.05) is 6.07 Å². The van der Waals surface area contributed by atoms with E-state index in [1.54, 1.807) is 44.3 Å². The number of benzene rings is 1. The number of aromatic nitrogens is 1. The Bertz CT molecular complexity index is 699. The van der Waals surface area contributed by atoms with Crippen molar-refractivity contribution in [3.8, 4) is 6.07 Å². The van der Waals surface area contributed by atoms with Gasteiger partial charge in [0, 0.05) is 11.6 Å². The zero-order valence-electron chi connectivity index (χ0n) is 11.4. The van der Waals surface area contributed by atoms with Gasteiger partial charge in [-0.05, 0) is 37.4 Å². The van der Waals surface area contributed by atoms with Crippen molar-refractivity contribution < 1.29 is 13.6 Å². The molecule has 0 spiro atoms. The molecule has 0 aliphatic heterocycles. The average molecular weight is 290 g/mol. The highest BCUT2D eigenvalue weighted by Gasteiger charge is 2.27. The third-order valence-corrected chi connectivity index (χ3v) is 4.88. The Labute approximate surface area is 117 Å². The van der Waals surface area contributed by atoms with Crippen molar-refractivity contribution in [2.75, 3.05) is 13.2 Å². The van der Waals surface area contributed by atoms with Gasteiger partial charge in [-0.2, -0.15) is 5.26 Å². The largest absolute Gasteiger partial charge is 0.361 e. The molecule has 1 aromatic carbocycles. The van der Waals surface area contributed by atoms with E-state index < -0.39 is 7.60 Å². The van der Waals surface area contributed by atoms with Crippen molar-refractivity contribution in [1.29, 1.82) is 5.26 Å². The van der Waals surface area contributed by atoms with Gasteiger partial charge in [0.25, 0.3) is 0 Å². The van der Waals surface area contributed by atoms with Crippen LogP contribution in [0.15, 0.2) is 30.5 Å². The van der Waals surface area contributed by atoms with Crippen LogP contribution in [-0.2, 0) is 13.6 Å². The maximum atomic E-state index is 12.7. The van der Waals surface area contributed by atoms with Crippen molar-refractivity contribution in [3.05, 3.63) is 36.2 Å². The van der Waals surface area contributed by atoms with E-state index in [9.17, 15) is 4.57 Å². The molecule has 0 radical (unpaired) electrons. The van der Waals surface area contributed by atoms with Crippen molar-refractivity contribution >= 4 is 23.7 Å². The predicted octanol–water partition coefficient (Wildman–Crippen LogP) is 3.00. The van der Waals surface area contributed by atoms with Crippen LogP contribution in [0.5, 0.6) is 0 Å². The fraction of sp³-hybridized carbons (Fsp3) is 0.286. The molecule has 0 atom stereocenters. The van der Waals surface area contributed by atoms with Gasteiger partial charge in [0.2, 0.25) is 0 Å². The Kier molecular flexibility index (Phi) is 4.51. The van der Waals surface area contributed by atoms with Crippen molar-refractivity contribution in [1.82, 2.24) is 4.98 Å². The van der Waals surface area contributed by atoms with E-state index >= 15 is 0 Å². The van der Waals surface area contributed by atoms with Gasteiger partial charge in [0.05, 0.1) is 18.5 Å². The van der Waals surface area contributed by atoms with E-state index in [-0.39, 0.29) is 13.2 Å². The molecule has 0 amide bonds. The van der Waals surface area contributed by atoms with Crippen LogP contribution in [-0.4, -0.2) is 18.2 Å². The minimum absolute atomic E-state index is 0.285. The number of hydrogen-bond donors (Lipinski definition) is 0. The Hall–Kier alpha value is -1.73. The van der Waals surface area contributed by atoms with Gasteiger partial charge < -0.3 is 9.05 Å². The monoisotopic (exact) mass is 290 g/mol. The summed E-state index contributed by atoms with van der Waals surface area (Å²) in [4.78, 5) is 4.01. The maximum absolute atomic E-state index is 12.7. The first-order valence-corrected chi connectivity index (χ1v) is 7.87. The molecule has 104 valence electrons. The van der Waals surface area contributed by atoms with Crippen LogP contribution in [0, 0.1) is 11.3 Å². The van der Waals surface area contributed by atoms with Crippen LogP contribution < -0.4 is 5.30 Å². The van der Waals surface area contributed by atoms with Crippen LogP contribution >= 0.6 is 7.60 Å². The molecule has 0 bridgehead atoms. The highest BCUT2D eigenvalue weighted by atomic mass is 31.2. The number of nitrogens with zero attached hydrogens (tertiary/aromatic N) is 2. The molecule has 0 N–H and O–H groups in total. The quantitative estimate of drug-likeness (QED) is 0.791. The summed E-state index contributed by atoms with van der Waals surface area (Å²) in [6, 6.07) is 8.98. The summed E-state index contributed by atoms with van der Waals surface area (Å²) in [5, 5.41) is 11.0. The molecule has 6 heteroatoms. The standard InChI is InChI=1S/C14H15N2O3P/c1-3-18-20(17,19-4-2)12-6-5-11-7-8-16-14(10-15)13(11)9-12/h5-9H,3-4H2,1-2H3. The number of rotatable bonds is 5. The molecule has 1 aromatic heterocycles. The molecule has 5 nitrogen and oxygen atoms in total. The summed E-state index contributed by atoms with van der Waals surface area (Å²) in [5.41, 5.74) is 0.295. The summed E-state index contributed by atoms with van der Waals surface area (Å²) < 4.78 is 23.3. The third-order valence-electron chi connectivity index (χ3n) is 2.77. The molecule has 0 saturated carbocycles. The van der Waals surface area contributed by atoms with Gasteiger partial charge >= 0.3 is 7.60 Å². The molecule has 2 rings (SSSR count). The molecule has 0 unspecified atom stereocenters. The van der Waals surface area contributed by atoms with Crippen molar-refractivity contribution in [3.63, 3.8) is 0 Å². The van der Waals surface area contributed by atoms with Gasteiger partial charge in [-0.1, -0.05) is 6.07 Å². The molecule has 0 aliphatic rings. The molecule has 0 saturated heterocycles. The topological polar surface area (TPSA) is 72.2 Å². The highest BCUT2D eigenvalue weighted by Crippen LogP contribution is 2.47. The third kappa shape index (κ3) is 2.73.